The van der Waals surface area contributed by atoms with Gasteiger partial charge in [-0.15, -0.1) is 0 Å². The van der Waals surface area contributed by atoms with Gasteiger partial charge in [-0.1, -0.05) is 11.6 Å². The molecule has 6 nitrogen and oxygen atoms in total. The van der Waals surface area contributed by atoms with E-state index in [2.05, 4.69) is 6.07 Å². The van der Waals surface area contributed by atoms with Gasteiger partial charge in [0.15, 0.2) is 11.5 Å². The van der Waals surface area contributed by atoms with Gasteiger partial charge in [0.2, 0.25) is 5.75 Å². The number of methoxy groups -OCH3 is 1. The molecule has 1 aliphatic carbocycles. The van der Waals surface area contributed by atoms with Gasteiger partial charge >= 0.3 is 5.69 Å². The Bertz CT molecular complexity index is 959. The van der Waals surface area contributed by atoms with Crippen LogP contribution in [-0.4, -0.2) is 22.9 Å². The molecule has 0 fully saturated rings. The second kappa shape index (κ2) is 6.63. The third-order valence-electron chi connectivity index (χ3n) is 4.63. The molecule has 0 saturated heterocycles. The molecule has 3 rings (SSSR count). The standard InChI is InChI=1S/C20H19NO5/c1-11-6-12(2)15-5-4-14(19(22)16(15)7-11)8-13-9-17(21(24)25)20(23)18(10-13)26-3/h6-10,23H,4-5H2,1-3H3/b14-8+. The van der Waals surface area contributed by atoms with Crippen LogP contribution in [0, 0.1) is 24.0 Å². The monoisotopic (exact) mass is 353 g/mol. The predicted molar refractivity (Wildman–Crippen MR) is 97.9 cm³/mol. The number of hydrogen-bond donors (Lipinski definition) is 1. The number of Topliss-reactive ketones (excluding diaryl/α,β-unsaturated/α-hetero) is 1. The van der Waals surface area contributed by atoms with Crippen molar-refractivity contribution >= 4 is 17.5 Å². The van der Waals surface area contributed by atoms with Crippen LogP contribution in [0.3, 0.4) is 0 Å². The summed E-state index contributed by atoms with van der Waals surface area (Å²) in [5.74, 6) is -0.583. The Hall–Kier alpha value is -3.15. The molecular formula is C20H19NO5. The minimum absolute atomic E-state index is 0.00129. The number of aromatic hydroxyl groups is 1. The number of aryl methyl sites for hydroxylation is 2. The largest absolute Gasteiger partial charge is 0.500 e. The third-order valence-corrected chi connectivity index (χ3v) is 4.63. The van der Waals surface area contributed by atoms with Crippen LogP contribution in [0.1, 0.15) is 39.0 Å². The van der Waals surface area contributed by atoms with Crippen LogP contribution < -0.4 is 4.74 Å². The first-order valence-corrected chi connectivity index (χ1v) is 8.22. The maximum absolute atomic E-state index is 12.9. The molecule has 0 bridgehead atoms. The number of allylic oxidation sites excluding steroid dienone is 1. The van der Waals surface area contributed by atoms with E-state index in [1.54, 1.807) is 6.08 Å². The fourth-order valence-electron chi connectivity index (χ4n) is 3.41. The second-order valence-electron chi connectivity index (χ2n) is 6.45. The first kappa shape index (κ1) is 17.7. The molecule has 26 heavy (non-hydrogen) atoms. The summed E-state index contributed by atoms with van der Waals surface area (Å²) in [4.78, 5) is 23.3. The Labute approximate surface area is 150 Å². The molecule has 0 amide bonds. The third kappa shape index (κ3) is 3.06. The van der Waals surface area contributed by atoms with Crippen LogP contribution in [-0.2, 0) is 6.42 Å². The number of benzene rings is 2. The number of ether oxygens (including phenoxy) is 1. The fraction of sp³-hybridized carbons (Fsp3) is 0.250. The molecule has 0 atom stereocenters. The highest BCUT2D eigenvalue weighted by atomic mass is 16.6. The number of fused-ring (bicyclic) bond motifs is 1. The van der Waals surface area contributed by atoms with Crippen molar-refractivity contribution in [1.29, 1.82) is 0 Å². The van der Waals surface area contributed by atoms with E-state index in [1.807, 2.05) is 19.9 Å². The summed E-state index contributed by atoms with van der Waals surface area (Å²) in [6.07, 6.45) is 2.95. The zero-order valence-corrected chi connectivity index (χ0v) is 14.8. The van der Waals surface area contributed by atoms with Gasteiger partial charge in [-0.25, -0.2) is 0 Å². The van der Waals surface area contributed by atoms with Crippen molar-refractivity contribution < 1.29 is 19.6 Å². The molecule has 1 N–H and O–H groups in total. The summed E-state index contributed by atoms with van der Waals surface area (Å²) in [5.41, 5.74) is 4.47. The lowest BCUT2D eigenvalue weighted by Crippen LogP contribution is -2.15. The average molecular weight is 353 g/mol. The molecule has 134 valence electrons. The first-order valence-electron chi connectivity index (χ1n) is 8.22. The summed E-state index contributed by atoms with van der Waals surface area (Å²) in [6, 6.07) is 6.68. The highest BCUT2D eigenvalue weighted by Gasteiger charge is 2.25. The lowest BCUT2D eigenvalue weighted by atomic mass is 9.83. The van der Waals surface area contributed by atoms with Crippen molar-refractivity contribution in [3.8, 4) is 11.5 Å². The summed E-state index contributed by atoms with van der Waals surface area (Å²) >= 11 is 0. The lowest BCUT2D eigenvalue weighted by Gasteiger charge is -2.20. The summed E-state index contributed by atoms with van der Waals surface area (Å²) in [6.45, 7) is 3.95. The minimum Gasteiger partial charge on any atom is -0.500 e. The van der Waals surface area contributed by atoms with Crippen molar-refractivity contribution in [2.45, 2.75) is 26.7 Å². The van der Waals surface area contributed by atoms with Gasteiger partial charge in [0.1, 0.15) is 0 Å². The number of nitro groups is 1. The van der Waals surface area contributed by atoms with Crippen LogP contribution in [0.2, 0.25) is 0 Å². The van der Waals surface area contributed by atoms with Crippen molar-refractivity contribution in [3.05, 3.63) is 67.8 Å². The average Bonchev–Trinajstić information content (AvgIpc) is 2.58. The smallest absolute Gasteiger partial charge is 0.315 e. The molecule has 2 aromatic rings. The molecule has 0 aliphatic heterocycles. The Balaban J connectivity index is 2.07. The van der Waals surface area contributed by atoms with E-state index < -0.39 is 16.4 Å². The van der Waals surface area contributed by atoms with E-state index in [4.69, 9.17) is 4.74 Å². The number of phenols is 1. The second-order valence-corrected chi connectivity index (χ2v) is 6.45. The summed E-state index contributed by atoms with van der Waals surface area (Å²) in [5, 5.41) is 21.0. The minimum atomic E-state index is -0.676. The summed E-state index contributed by atoms with van der Waals surface area (Å²) < 4.78 is 5.01. The maximum atomic E-state index is 12.9. The van der Waals surface area contributed by atoms with Gasteiger partial charge in [-0.2, -0.15) is 0 Å². The van der Waals surface area contributed by atoms with E-state index in [1.165, 1.54) is 19.2 Å². The van der Waals surface area contributed by atoms with Gasteiger partial charge in [-0.3, -0.25) is 14.9 Å². The van der Waals surface area contributed by atoms with Crippen molar-refractivity contribution in [2.24, 2.45) is 0 Å². The number of nitro benzene ring substituents is 1. The molecule has 0 spiro atoms. The quantitative estimate of drug-likeness (QED) is 0.509. The van der Waals surface area contributed by atoms with Crippen molar-refractivity contribution in [1.82, 2.24) is 0 Å². The topological polar surface area (TPSA) is 89.7 Å². The van der Waals surface area contributed by atoms with Crippen molar-refractivity contribution in [3.63, 3.8) is 0 Å². The highest BCUT2D eigenvalue weighted by Crippen LogP contribution is 2.38. The molecule has 0 radical (unpaired) electrons. The highest BCUT2D eigenvalue weighted by molar-refractivity contribution is 6.13. The molecule has 0 aromatic heterocycles. The molecule has 0 heterocycles. The number of ketones is 1. The molecule has 0 saturated carbocycles. The number of carbonyl (C=O) groups is 1. The normalized spacial score (nSPS) is 15.0. The van der Waals surface area contributed by atoms with E-state index in [9.17, 15) is 20.0 Å². The Kier molecular flexibility index (Phi) is 4.50. The van der Waals surface area contributed by atoms with E-state index >= 15 is 0 Å². The Morgan fingerprint density at radius 2 is 1.92 bits per heavy atom. The number of rotatable bonds is 3. The van der Waals surface area contributed by atoms with Gasteiger partial charge in [0.05, 0.1) is 12.0 Å². The number of phenolic OH excluding ortho intramolecular Hbond substituents is 1. The molecule has 6 heteroatoms. The van der Waals surface area contributed by atoms with Crippen LogP contribution >= 0.6 is 0 Å². The molecule has 1 aliphatic rings. The van der Waals surface area contributed by atoms with E-state index in [0.29, 0.717) is 23.1 Å². The van der Waals surface area contributed by atoms with Gasteiger partial charge in [-0.05, 0) is 61.6 Å². The zero-order chi connectivity index (χ0) is 19.0. The first-order chi connectivity index (χ1) is 12.3. The van der Waals surface area contributed by atoms with E-state index in [-0.39, 0.29) is 11.5 Å². The van der Waals surface area contributed by atoms with Crippen molar-refractivity contribution in [2.75, 3.05) is 7.11 Å². The Morgan fingerprint density at radius 3 is 2.58 bits per heavy atom. The van der Waals surface area contributed by atoms with Gasteiger partial charge < -0.3 is 9.84 Å². The molecule has 2 aromatic carbocycles. The van der Waals surface area contributed by atoms with Crippen LogP contribution in [0.4, 0.5) is 5.69 Å². The lowest BCUT2D eigenvalue weighted by molar-refractivity contribution is -0.386. The maximum Gasteiger partial charge on any atom is 0.315 e. The van der Waals surface area contributed by atoms with Crippen LogP contribution in [0.15, 0.2) is 29.8 Å². The van der Waals surface area contributed by atoms with Gasteiger partial charge in [0.25, 0.3) is 0 Å². The fourth-order valence-corrected chi connectivity index (χ4v) is 3.41. The van der Waals surface area contributed by atoms with Crippen LogP contribution in [0.25, 0.3) is 6.08 Å². The molecule has 0 unspecified atom stereocenters. The number of carbonyl (C=O) groups excluding carboxylic acids is 1. The van der Waals surface area contributed by atoms with E-state index in [0.717, 1.165) is 23.1 Å². The van der Waals surface area contributed by atoms with Crippen LogP contribution in [0.5, 0.6) is 11.5 Å². The number of nitrogens with zero attached hydrogens (tertiary/aromatic N) is 1. The Morgan fingerprint density at radius 1 is 1.19 bits per heavy atom. The number of hydrogen-bond acceptors (Lipinski definition) is 5. The van der Waals surface area contributed by atoms with Gasteiger partial charge in [0, 0.05) is 17.2 Å². The predicted octanol–water partition coefficient (Wildman–Crippen LogP) is 4.14. The summed E-state index contributed by atoms with van der Waals surface area (Å²) in [7, 11) is 1.32. The zero-order valence-electron chi connectivity index (χ0n) is 14.8. The molecular weight excluding hydrogens is 334 g/mol. The SMILES string of the molecule is COc1cc(/C=C2\CCc3c(C)cc(C)cc3C2=O)cc([N+](=O)[O-])c1O.